The molecule has 0 radical (unpaired) electrons. The van der Waals surface area contributed by atoms with Crippen LogP contribution in [0.15, 0.2) is 122 Å². The van der Waals surface area contributed by atoms with Crippen molar-refractivity contribution >= 4 is 17.9 Å². The third-order valence-electron chi connectivity index (χ3n) is 10.2. The lowest BCUT2D eigenvalue weighted by molar-refractivity contribution is -0.167. The van der Waals surface area contributed by atoms with Gasteiger partial charge in [-0.15, -0.1) is 0 Å². The monoisotopic (exact) mass is 885 g/mol. The molecule has 0 aromatic heterocycles. The van der Waals surface area contributed by atoms with Gasteiger partial charge in [-0.25, -0.2) is 0 Å². The normalized spacial score (nSPS) is 13.1. The van der Waals surface area contributed by atoms with E-state index in [2.05, 4.69) is 142 Å². The summed E-state index contributed by atoms with van der Waals surface area (Å²) in [6, 6.07) is 0. The minimum atomic E-state index is -0.827. The summed E-state index contributed by atoms with van der Waals surface area (Å²) >= 11 is 0. The zero-order chi connectivity index (χ0) is 46.5. The van der Waals surface area contributed by atoms with Crippen molar-refractivity contribution in [1.29, 1.82) is 0 Å². The number of allylic oxidation sites excluding steroid dienone is 20. The van der Waals surface area contributed by atoms with Gasteiger partial charge >= 0.3 is 17.9 Å². The third-order valence-corrected chi connectivity index (χ3v) is 10.2. The van der Waals surface area contributed by atoms with Crippen molar-refractivity contribution in [2.24, 2.45) is 0 Å². The Balaban J connectivity index is 4.54. The molecule has 0 spiro atoms. The summed E-state index contributed by atoms with van der Waals surface area (Å²) in [5, 5.41) is 0. The van der Waals surface area contributed by atoms with Gasteiger partial charge < -0.3 is 14.2 Å². The molecule has 6 heteroatoms. The smallest absolute Gasteiger partial charge is 0.306 e. The fourth-order valence-electron chi connectivity index (χ4n) is 6.32. The van der Waals surface area contributed by atoms with E-state index in [1.54, 1.807) is 0 Å². The Morgan fingerprint density at radius 2 is 0.641 bits per heavy atom. The van der Waals surface area contributed by atoms with Gasteiger partial charge in [0.25, 0.3) is 0 Å². The minimum absolute atomic E-state index is 0.120. The predicted octanol–water partition coefficient (Wildman–Crippen LogP) is 16.9. The quantitative estimate of drug-likeness (QED) is 0.0262. The predicted molar refractivity (Wildman–Crippen MR) is 274 cm³/mol. The van der Waals surface area contributed by atoms with Crippen LogP contribution >= 0.6 is 0 Å². The summed E-state index contributed by atoms with van der Waals surface area (Å²) in [7, 11) is 0. The van der Waals surface area contributed by atoms with E-state index >= 15 is 0 Å². The summed E-state index contributed by atoms with van der Waals surface area (Å²) in [6.45, 7) is 6.34. The first-order valence-electron chi connectivity index (χ1n) is 25.5. The molecule has 360 valence electrons. The van der Waals surface area contributed by atoms with Gasteiger partial charge in [-0.3, -0.25) is 14.4 Å². The highest BCUT2D eigenvalue weighted by molar-refractivity contribution is 5.71. The van der Waals surface area contributed by atoms with Gasteiger partial charge in [-0.1, -0.05) is 187 Å². The van der Waals surface area contributed by atoms with Crippen LogP contribution in [-0.2, 0) is 28.6 Å². The maximum atomic E-state index is 12.8. The van der Waals surface area contributed by atoms with E-state index in [0.29, 0.717) is 19.3 Å². The molecule has 0 aliphatic rings. The van der Waals surface area contributed by atoms with Crippen LogP contribution in [0.2, 0.25) is 0 Å². The molecule has 0 aromatic rings. The second-order valence-electron chi connectivity index (χ2n) is 16.3. The average molecular weight is 885 g/mol. The molecule has 0 fully saturated rings. The lowest BCUT2D eigenvalue weighted by Crippen LogP contribution is -2.30. The molecule has 0 rings (SSSR count). The van der Waals surface area contributed by atoms with Crippen LogP contribution in [0.1, 0.15) is 207 Å². The van der Waals surface area contributed by atoms with Crippen LogP contribution in [0.3, 0.4) is 0 Å². The van der Waals surface area contributed by atoms with Crippen LogP contribution in [-0.4, -0.2) is 37.2 Å². The van der Waals surface area contributed by atoms with Crippen molar-refractivity contribution in [3.8, 4) is 0 Å². The summed E-state index contributed by atoms with van der Waals surface area (Å²) in [5.41, 5.74) is 0. The molecule has 0 aromatic carbocycles. The van der Waals surface area contributed by atoms with Crippen LogP contribution < -0.4 is 0 Å². The average Bonchev–Trinajstić information content (AvgIpc) is 3.29. The van der Waals surface area contributed by atoms with Crippen LogP contribution in [0.5, 0.6) is 0 Å². The van der Waals surface area contributed by atoms with E-state index in [1.165, 1.54) is 38.5 Å². The SMILES string of the molecule is CC/C=C\C/C=C\C/C=C\C/C=C\C/C=C\CCCCCC(=O)OCC(COC(=O)CCCCCC/C=C\CCCC)OC(=O)CCC/C=C\C/C=C\C/C=C\C/C=C\CCCCC. The molecular formula is C58H92O6. The summed E-state index contributed by atoms with van der Waals surface area (Å²) in [6.07, 6.45) is 70.5. The molecule has 1 atom stereocenters. The van der Waals surface area contributed by atoms with Crippen molar-refractivity contribution in [2.75, 3.05) is 13.2 Å². The minimum Gasteiger partial charge on any atom is -0.462 e. The lowest BCUT2D eigenvalue weighted by atomic mass is 10.1. The fraction of sp³-hybridized carbons (Fsp3) is 0.603. The first kappa shape index (κ1) is 59.8. The van der Waals surface area contributed by atoms with Crippen molar-refractivity contribution < 1.29 is 28.6 Å². The summed E-state index contributed by atoms with van der Waals surface area (Å²) < 4.78 is 16.7. The number of hydrogen-bond donors (Lipinski definition) is 0. The molecule has 0 heterocycles. The molecule has 1 unspecified atom stereocenters. The molecule has 0 aliphatic heterocycles. The van der Waals surface area contributed by atoms with Crippen LogP contribution in [0.25, 0.3) is 0 Å². The molecule has 0 aliphatic carbocycles. The first-order valence-corrected chi connectivity index (χ1v) is 25.5. The van der Waals surface area contributed by atoms with E-state index in [0.717, 1.165) is 122 Å². The number of ether oxygens (including phenoxy) is 3. The van der Waals surface area contributed by atoms with Crippen molar-refractivity contribution in [3.05, 3.63) is 122 Å². The Labute approximate surface area is 392 Å². The number of esters is 3. The molecule has 0 saturated carbocycles. The van der Waals surface area contributed by atoms with Gasteiger partial charge in [-0.2, -0.15) is 0 Å². The highest BCUT2D eigenvalue weighted by atomic mass is 16.6. The molecule has 6 nitrogen and oxygen atoms in total. The van der Waals surface area contributed by atoms with E-state index < -0.39 is 6.10 Å². The van der Waals surface area contributed by atoms with Crippen LogP contribution in [0.4, 0.5) is 0 Å². The van der Waals surface area contributed by atoms with Crippen molar-refractivity contribution in [3.63, 3.8) is 0 Å². The van der Waals surface area contributed by atoms with E-state index in [1.807, 2.05) is 0 Å². The molecular weight excluding hydrogens is 793 g/mol. The Bertz CT molecular complexity index is 1390. The molecule has 0 N–H and O–H groups in total. The van der Waals surface area contributed by atoms with E-state index in [-0.39, 0.29) is 37.5 Å². The number of hydrogen-bond acceptors (Lipinski definition) is 6. The fourth-order valence-corrected chi connectivity index (χ4v) is 6.32. The Morgan fingerprint density at radius 1 is 0.328 bits per heavy atom. The highest BCUT2D eigenvalue weighted by Crippen LogP contribution is 2.11. The standard InChI is InChI=1S/C58H92O6/c1-4-7-10-13-16-19-22-24-26-28-29-31-32-34-36-39-42-45-48-51-57(60)63-54-55(53-62-56(59)50-47-44-41-38-21-18-15-12-9-6-3)64-58(61)52-49-46-43-40-37-35-33-30-27-25-23-20-17-14-11-8-5-2/h7,10,15-20,24-27,29,31,33-36,40,43,55H,4-6,8-9,11-14,21-23,28,30,32,37-39,41-42,44-54H2,1-3H3/b10-7-,18-15-,19-16-,20-17-,26-24-,27-25-,31-29-,35-33-,36-34-,43-40-. The summed E-state index contributed by atoms with van der Waals surface area (Å²) in [4.78, 5) is 37.9. The van der Waals surface area contributed by atoms with Gasteiger partial charge in [0.1, 0.15) is 13.2 Å². The number of rotatable bonds is 44. The lowest BCUT2D eigenvalue weighted by Gasteiger charge is -2.18. The van der Waals surface area contributed by atoms with Crippen molar-refractivity contribution in [1.82, 2.24) is 0 Å². The van der Waals surface area contributed by atoms with E-state index in [4.69, 9.17) is 14.2 Å². The molecule has 0 bridgehead atoms. The van der Waals surface area contributed by atoms with Crippen molar-refractivity contribution in [2.45, 2.75) is 213 Å². The molecule has 0 amide bonds. The molecule has 0 saturated heterocycles. The van der Waals surface area contributed by atoms with Gasteiger partial charge in [0.2, 0.25) is 0 Å². The Hall–Kier alpha value is -4.19. The second kappa shape index (κ2) is 51.4. The Morgan fingerprint density at radius 3 is 1.06 bits per heavy atom. The number of carbonyl (C=O) groups is 3. The maximum absolute atomic E-state index is 12.8. The van der Waals surface area contributed by atoms with Gasteiger partial charge in [0, 0.05) is 19.3 Å². The topological polar surface area (TPSA) is 78.9 Å². The summed E-state index contributed by atoms with van der Waals surface area (Å²) in [5.74, 6) is -1.03. The van der Waals surface area contributed by atoms with Crippen LogP contribution in [0, 0.1) is 0 Å². The van der Waals surface area contributed by atoms with Gasteiger partial charge in [-0.05, 0) is 122 Å². The van der Waals surface area contributed by atoms with E-state index in [9.17, 15) is 14.4 Å². The zero-order valence-corrected chi connectivity index (χ0v) is 41.0. The second-order valence-corrected chi connectivity index (χ2v) is 16.3. The van der Waals surface area contributed by atoms with Gasteiger partial charge in [0.05, 0.1) is 0 Å². The largest absolute Gasteiger partial charge is 0.462 e. The number of unbranched alkanes of at least 4 members (excludes halogenated alkanes) is 13. The molecule has 64 heavy (non-hydrogen) atoms. The maximum Gasteiger partial charge on any atom is 0.306 e. The highest BCUT2D eigenvalue weighted by Gasteiger charge is 2.19. The third kappa shape index (κ3) is 48.8. The first-order chi connectivity index (χ1) is 31.5. The van der Waals surface area contributed by atoms with Gasteiger partial charge in [0.15, 0.2) is 6.10 Å². The Kier molecular flexibility index (Phi) is 48.1. The zero-order valence-electron chi connectivity index (χ0n) is 41.0. The number of carbonyl (C=O) groups excluding carboxylic acids is 3.